The number of hydrogen-bond donors (Lipinski definition) is 1. The van der Waals surface area contributed by atoms with Crippen LogP contribution in [0.3, 0.4) is 0 Å². The summed E-state index contributed by atoms with van der Waals surface area (Å²) in [5.41, 5.74) is -0.159. The van der Waals surface area contributed by atoms with Gasteiger partial charge in [-0.1, -0.05) is 0 Å². The Morgan fingerprint density at radius 2 is 2.21 bits per heavy atom. The molecule has 1 amide bonds. The summed E-state index contributed by atoms with van der Waals surface area (Å²) in [4.78, 5) is 14.1. The first kappa shape index (κ1) is 14.7. The molecule has 2 heterocycles. The molecule has 2 fully saturated rings. The Bertz CT molecular complexity index is 337. The molecule has 0 saturated carbocycles. The van der Waals surface area contributed by atoms with Gasteiger partial charge in [0.1, 0.15) is 6.61 Å². The van der Waals surface area contributed by atoms with Crippen LogP contribution in [0, 0.1) is 11.8 Å². The number of nitrogens with one attached hydrogen (secondary N) is 1. The number of carbonyl (C=O) groups is 1. The Balaban J connectivity index is 1.83. The minimum Gasteiger partial charge on any atom is -0.375 e. The second kappa shape index (κ2) is 5.71. The summed E-state index contributed by atoms with van der Waals surface area (Å²) in [6.07, 6.45) is -2.29. The van der Waals surface area contributed by atoms with Crippen LogP contribution in [0.2, 0.25) is 0 Å². The Kier molecular flexibility index (Phi) is 4.40. The van der Waals surface area contributed by atoms with Gasteiger partial charge in [-0.25, -0.2) is 8.78 Å². The minimum atomic E-state index is -2.47. The Hall–Kier alpha value is -0.750. The Morgan fingerprint density at radius 3 is 2.84 bits per heavy atom. The van der Waals surface area contributed by atoms with Gasteiger partial charge < -0.3 is 15.0 Å². The number of ether oxygens (including phenoxy) is 1. The molecule has 110 valence electrons. The minimum absolute atomic E-state index is 0.00802. The van der Waals surface area contributed by atoms with E-state index < -0.39 is 13.0 Å². The standard InChI is InChI=1S/C13H22F2N2O2/c1-13(2)10-6-16-5-9(10)7-17(13)12(18)3-4-19-8-11(14)15/h9-11,16H,3-8H2,1-2H3. The SMILES string of the molecule is CC1(C)C2CNCC2CN1C(=O)CCOCC(F)F. The van der Waals surface area contributed by atoms with Gasteiger partial charge in [-0.15, -0.1) is 0 Å². The molecule has 2 atom stereocenters. The predicted molar refractivity (Wildman–Crippen MR) is 67.1 cm³/mol. The van der Waals surface area contributed by atoms with Crippen molar-refractivity contribution in [1.82, 2.24) is 10.2 Å². The molecule has 4 nitrogen and oxygen atoms in total. The molecular weight excluding hydrogens is 254 g/mol. The summed E-state index contributed by atoms with van der Waals surface area (Å²) < 4.78 is 28.6. The third kappa shape index (κ3) is 3.05. The smallest absolute Gasteiger partial charge is 0.261 e. The lowest BCUT2D eigenvalue weighted by molar-refractivity contribution is -0.136. The summed E-state index contributed by atoms with van der Waals surface area (Å²) in [6.45, 7) is 6.32. The number of likely N-dealkylation sites (tertiary alicyclic amines) is 1. The molecule has 2 aliphatic heterocycles. The first-order chi connectivity index (χ1) is 8.93. The fraction of sp³-hybridized carbons (Fsp3) is 0.923. The fourth-order valence-electron chi connectivity index (χ4n) is 3.31. The lowest BCUT2D eigenvalue weighted by Crippen LogP contribution is -2.47. The summed E-state index contributed by atoms with van der Waals surface area (Å²) in [5, 5.41) is 3.36. The number of rotatable bonds is 5. The molecule has 0 aromatic carbocycles. The summed E-state index contributed by atoms with van der Waals surface area (Å²) >= 11 is 0. The highest BCUT2D eigenvalue weighted by Crippen LogP contribution is 2.40. The normalized spacial score (nSPS) is 29.0. The van der Waals surface area contributed by atoms with Crippen molar-refractivity contribution in [3.63, 3.8) is 0 Å². The third-order valence-corrected chi connectivity index (χ3v) is 4.37. The maximum absolute atomic E-state index is 12.2. The van der Waals surface area contributed by atoms with Crippen molar-refractivity contribution in [2.45, 2.75) is 32.2 Å². The maximum atomic E-state index is 12.2. The second-order valence-electron chi connectivity index (χ2n) is 5.90. The van der Waals surface area contributed by atoms with Gasteiger partial charge >= 0.3 is 0 Å². The second-order valence-corrected chi connectivity index (χ2v) is 5.90. The number of alkyl halides is 2. The zero-order valence-electron chi connectivity index (χ0n) is 11.5. The Labute approximate surface area is 112 Å². The molecule has 2 aliphatic rings. The molecular formula is C13H22F2N2O2. The van der Waals surface area contributed by atoms with E-state index in [1.54, 1.807) is 0 Å². The quantitative estimate of drug-likeness (QED) is 0.765. The van der Waals surface area contributed by atoms with Crippen molar-refractivity contribution in [2.75, 3.05) is 32.8 Å². The van der Waals surface area contributed by atoms with Crippen molar-refractivity contribution in [3.05, 3.63) is 0 Å². The monoisotopic (exact) mass is 276 g/mol. The molecule has 0 aromatic rings. The van der Waals surface area contributed by atoms with Gasteiger partial charge in [0.25, 0.3) is 6.43 Å². The van der Waals surface area contributed by atoms with E-state index in [0.717, 1.165) is 19.6 Å². The summed E-state index contributed by atoms with van der Waals surface area (Å²) in [7, 11) is 0. The zero-order valence-corrected chi connectivity index (χ0v) is 11.5. The van der Waals surface area contributed by atoms with Crippen molar-refractivity contribution in [1.29, 1.82) is 0 Å². The first-order valence-corrected chi connectivity index (χ1v) is 6.80. The van der Waals surface area contributed by atoms with Gasteiger partial charge in [-0.3, -0.25) is 4.79 Å². The van der Waals surface area contributed by atoms with Crippen LogP contribution >= 0.6 is 0 Å². The van der Waals surface area contributed by atoms with Gasteiger partial charge in [-0.2, -0.15) is 0 Å². The average Bonchev–Trinajstić information content (AvgIpc) is 2.87. The fourth-order valence-corrected chi connectivity index (χ4v) is 3.31. The van der Waals surface area contributed by atoms with Crippen LogP contribution in [0.1, 0.15) is 20.3 Å². The van der Waals surface area contributed by atoms with Crippen molar-refractivity contribution >= 4 is 5.91 Å². The van der Waals surface area contributed by atoms with E-state index in [9.17, 15) is 13.6 Å². The van der Waals surface area contributed by atoms with Crippen LogP contribution in [0.5, 0.6) is 0 Å². The van der Waals surface area contributed by atoms with Gasteiger partial charge in [-0.05, 0) is 25.7 Å². The molecule has 2 unspecified atom stereocenters. The van der Waals surface area contributed by atoms with E-state index >= 15 is 0 Å². The molecule has 1 N–H and O–H groups in total. The average molecular weight is 276 g/mol. The molecule has 2 rings (SSSR count). The largest absolute Gasteiger partial charge is 0.375 e. The van der Waals surface area contributed by atoms with Gasteiger partial charge in [0, 0.05) is 25.2 Å². The molecule has 0 aliphatic carbocycles. The van der Waals surface area contributed by atoms with Crippen LogP contribution in [0.25, 0.3) is 0 Å². The van der Waals surface area contributed by atoms with Crippen molar-refractivity contribution in [3.8, 4) is 0 Å². The number of hydrogen-bond acceptors (Lipinski definition) is 3. The van der Waals surface area contributed by atoms with E-state index in [1.165, 1.54) is 0 Å². The lowest BCUT2D eigenvalue weighted by atomic mass is 9.85. The summed E-state index contributed by atoms with van der Waals surface area (Å²) in [5.74, 6) is 1.01. The van der Waals surface area contributed by atoms with Gasteiger partial charge in [0.05, 0.1) is 13.0 Å². The van der Waals surface area contributed by atoms with E-state index in [-0.39, 0.29) is 24.5 Å². The van der Waals surface area contributed by atoms with Crippen molar-refractivity contribution in [2.24, 2.45) is 11.8 Å². The molecule has 0 spiro atoms. The predicted octanol–water partition coefficient (Wildman–Crippen LogP) is 1.11. The topological polar surface area (TPSA) is 41.6 Å². The van der Waals surface area contributed by atoms with Crippen LogP contribution in [-0.2, 0) is 9.53 Å². The van der Waals surface area contributed by atoms with Gasteiger partial charge in [0.15, 0.2) is 0 Å². The van der Waals surface area contributed by atoms with E-state index in [1.807, 2.05) is 4.90 Å². The lowest BCUT2D eigenvalue weighted by Gasteiger charge is -2.35. The number of nitrogens with zero attached hydrogens (tertiary/aromatic N) is 1. The first-order valence-electron chi connectivity index (χ1n) is 6.80. The molecule has 0 aromatic heterocycles. The summed E-state index contributed by atoms with van der Waals surface area (Å²) in [6, 6.07) is 0. The number of halogens is 2. The van der Waals surface area contributed by atoms with E-state index in [0.29, 0.717) is 11.8 Å². The molecule has 0 radical (unpaired) electrons. The van der Waals surface area contributed by atoms with E-state index in [2.05, 4.69) is 19.2 Å². The van der Waals surface area contributed by atoms with Crippen LogP contribution < -0.4 is 5.32 Å². The third-order valence-electron chi connectivity index (χ3n) is 4.37. The van der Waals surface area contributed by atoms with E-state index in [4.69, 9.17) is 4.74 Å². The van der Waals surface area contributed by atoms with Crippen molar-refractivity contribution < 1.29 is 18.3 Å². The number of amides is 1. The van der Waals surface area contributed by atoms with Crippen LogP contribution in [-0.4, -0.2) is 55.6 Å². The van der Waals surface area contributed by atoms with Crippen LogP contribution in [0.4, 0.5) is 8.78 Å². The maximum Gasteiger partial charge on any atom is 0.261 e. The molecule has 6 heteroatoms. The highest BCUT2D eigenvalue weighted by molar-refractivity contribution is 5.77. The highest BCUT2D eigenvalue weighted by atomic mass is 19.3. The number of carbonyl (C=O) groups excluding carboxylic acids is 1. The van der Waals surface area contributed by atoms with Gasteiger partial charge in [0.2, 0.25) is 5.91 Å². The number of fused-ring (bicyclic) bond motifs is 1. The molecule has 2 saturated heterocycles. The van der Waals surface area contributed by atoms with Crippen LogP contribution in [0.15, 0.2) is 0 Å². The zero-order chi connectivity index (χ0) is 14.0. The molecule has 19 heavy (non-hydrogen) atoms. The highest BCUT2D eigenvalue weighted by Gasteiger charge is 2.50. The Morgan fingerprint density at radius 1 is 1.47 bits per heavy atom. The molecule has 0 bridgehead atoms.